The van der Waals surface area contributed by atoms with Gasteiger partial charge in [-0.25, -0.2) is 4.98 Å². The molecule has 1 aliphatic rings. The van der Waals surface area contributed by atoms with Crippen LogP contribution in [0.1, 0.15) is 25.8 Å². The molecule has 3 heterocycles. The number of nitrogens with zero attached hydrogens (tertiary/aromatic N) is 2. The Labute approximate surface area is 174 Å². The number of rotatable bonds is 7. The van der Waals surface area contributed by atoms with Crippen LogP contribution in [0.3, 0.4) is 0 Å². The molecule has 1 aromatic carbocycles. The van der Waals surface area contributed by atoms with Crippen LogP contribution in [0, 0.1) is 0 Å². The molecule has 4 rings (SSSR count). The first-order valence-corrected chi connectivity index (χ1v) is 11.1. The van der Waals surface area contributed by atoms with Gasteiger partial charge in [-0.05, 0) is 56.8 Å². The zero-order chi connectivity index (χ0) is 20.4. The van der Waals surface area contributed by atoms with Crippen molar-refractivity contribution in [2.24, 2.45) is 0 Å². The van der Waals surface area contributed by atoms with Gasteiger partial charge in [-0.3, -0.25) is 9.89 Å². The molecular weight excluding hydrogens is 384 g/mol. The molecule has 1 saturated heterocycles. The van der Waals surface area contributed by atoms with Crippen LogP contribution in [0.5, 0.6) is 5.88 Å². The van der Waals surface area contributed by atoms with Crippen molar-refractivity contribution in [1.82, 2.24) is 20.5 Å². The number of pyridine rings is 1. The lowest BCUT2D eigenvalue weighted by Crippen LogP contribution is -2.38. The van der Waals surface area contributed by atoms with Crippen molar-refractivity contribution in [2.75, 3.05) is 19.3 Å². The number of H-pyrrole nitrogens is 1. The van der Waals surface area contributed by atoms with E-state index in [0.29, 0.717) is 12.3 Å². The number of carbonyl (C=O) groups excluding carboxylic acids is 1. The molecule has 0 bridgehead atoms. The Morgan fingerprint density at radius 2 is 2.17 bits per heavy atom. The molecule has 0 spiro atoms. The zero-order valence-electron chi connectivity index (χ0n) is 17.0. The topological polar surface area (TPSA) is 79.9 Å². The van der Waals surface area contributed by atoms with Crippen molar-refractivity contribution in [2.45, 2.75) is 37.5 Å². The van der Waals surface area contributed by atoms with E-state index in [-0.39, 0.29) is 16.6 Å². The number of thioether (sulfide) groups is 1. The van der Waals surface area contributed by atoms with Crippen LogP contribution in [0.25, 0.3) is 22.2 Å². The molecule has 0 aliphatic carbocycles. The van der Waals surface area contributed by atoms with Gasteiger partial charge in [-0.1, -0.05) is 6.07 Å². The number of aromatic nitrogens is 3. The Morgan fingerprint density at radius 1 is 1.31 bits per heavy atom. The van der Waals surface area contributed by atoms with E-state index in [1.54, 1.807) is 18.0 Å². The quantitative estimate of drug-likeness (QED) is 0.619. The molecule has 0 amide bonds. The minimum atomic E-state index is -0.301. The summed E-state index contributed by atoms with van der Waals surface area (Å²) in [6, 6.07) is 9.90. The normalized spacial score (nSPS) is 19.2. The molecule has 29 heavy (non-hydrogen) atoms. The highest BCUT2D eigenvalue weighted by molar-refractivity contribution is 8.00. The third-order valence-corrected chi connectivity index (χ3v) is 6.73. The molecule has 3 aromatic rings. The van der Waals surface area contributed by atoms with E-state index < -0.39 is 0 Å². The van der Waals surface area contributed by atoms with Gasteiger partial charge in [0.25, 0.3) is 0 Å². The van der Waals surface area contributed by atoms with Gasteiger partial charge in [0.1, 0.15) is 5.69 Å². The summed E-state index contributed by atoms with van der Waals surface area (Å²) in [7, 11) is 0. The number of ether oxygens (including phenoxy) is 1. The van der Waals surface area contributed by atoms with Crippen LogP contribution >= 0.6 is 11.8 Å². The fraction of sp³-hybridized carbons (Fsp3) is 0.409. The van der Waals surface area contributed by atoms with Gasteiger partial charge in [-0.2, -0.15) is 5.10 Å². The fourth-order valence-corrected chi connectivity index (χ4v) is 4.62. The maximum Gasteiger partial charge on any atom is 0.213 e. The molecule has 0 unspecified atom stereocenters. The lowest BCUT2D eigenvalue weighted by Gasteiger charge is -2.24. The minimum absolute atomic E-state index is 0.0827. The molecular formula is C22H26N4O2S. The van der Waals surface area contributed by atoms with E-state index >= 15 is 0 Å². The monoisotopic (exact) mass is 410 g/mol. The average Bonchev–Trinajstić information content (AvgIpc) is 3.36. The lowest BCUT2D eigenvalue weighted by molar-refractivity contribution is -0.120. The Morgan fingerprint density at radius 3 is 2.83 bits per heavy atom. The number of carbonyl (C=O) groups is 1. The molecule has 1 fully saturated rings. The Hall–Kier alpha value is -2.38. The summed E-state index contributed by atoms with van der Waals surface area (Å²) in [5, 5.41) is 11.9. The van der Waals surface area contributed by atoms with Gasteiger partial charge in [0.15, 0.2) is 5.78 Å². The SMILES string of the molecule is CS[C@@]1(C(=O)Cc2ccc3[nH]nc(-c4ccc(OC(C)C)nc4)c3c2)CCNC1. The van der Waals surface area contributed by atoms with Crippen molar-refractivity contribution in [3.05, 3.63) is 42.1 Å². The van der Waals surface area contributed by atoms with E-state index in [4.69, 9.17) is 4.74 Å². The molecule has 2 N–H and O–H groups in total. The molecule has 1 aliphatic heterocycles. The van der Waals surface area contributed by atoms with Gasteiger partial charge in [0, 0.05) is 36.2 Å². The molecule has 6 nitrogen and oxygen atoms in total. The maximum absolute atomic E-state index is 13.0. The van der Waals surface area contributed by atoms with Crippen molar-refractivity contribution < 1.29 is 9.53 Å². The summed E-state index contributed by atoms with van der Waals surface area (Å²) in [4.78, 5) is 17.4. The second-order valence-corrected chi connectivity index (χ2v) is 8.92. The Balaban J connectivity index is 1.60. The predicted octanol–water partition coefficient (Wildman–Crippen LogP) is 3.62. The van der Waals surface area contributed by atoms with Gasteiger partial charge in [-0.15, -0.1) is 11.8 Å². The maximum atomic E-state index is 13.0. The zero-order valence-corrected chi connectivity index (χ0v) is 17.8. The number of benzene rings is 1. The second-order valence-electron chi connectivity index (χ2n) is 7.73. The average molecular weight is 411 g/mol. The summed E-state index contributed by atoms with van der Waals surface area (Å²) in [5.74, 6) is 0.888. The van der Waals surface area contributed by atoms with E-state index in [1.807, 2.05) is 44.4 Å². The summed E-state index contributed by atoms with van der Waals surface area (Å²) in [6.07, 6.45) is 5.21. The summed E-state index contributed by atoms with van der Waals surface area (Å²) < 4.78 is 5.32. The highest BCUT2D eigenvalue weighted by Crippen LogP contribution is 2.33. The van der Waals surface area contributed by atoms with Crippen LogP contribution in [0.15, 0.2) is 36.5 Å². The van der Waals surface area contributed by atoms with Gasteiger partial charge in [0.05, 0.1) is 16.4 Å². The molecule has 0 radical (unpaired) electrons. The Bertz CT molecular complexity index is 1010. The third kappa shape index (κ3) is 4.02. The molecule has 0 saturated carbocycles. The van der Waals surface area contributed by atoms with Crippen LogP contribution < -0.4 is 10.1 Å². The van der Waals surface area contributed by atoms with Crippen LogP contribution in [-0.4, -0.2) is 51.2 Å². The number of hydrogen-bond donors (Lipinski definition) is 2. The smallest absolute Gasteiger partial charge is 0.213 e. The van der Waals surface area contributed by atoms with Crippen molar-refractivity contribution in [3.8, 4) is 17.1 Å². The molecule has 2 aromatic heterocycles. The predicted molar refractivity (Wildman–Crippen MR) is 118 cm³/mol. The van der Waals surface area contributed by atoms with E-state index in [9.17, 15) is 4.79 Å². The fourth-order valence-electron chi connectivity index (χ4n) is 3.76. The van der Waals surface area contributed by atoms with Crippen molar-refractivity contribution in [1.29, 1.82) is 0 Å². The van der Waals surface area contributed by atoms with E-state index in [1.165, 1.54) is 0 Å². The number of ketones is 1. The van der Waals surface area contributed by atoms with Crippen LogP contribution in [0.2, 0.25) is 0 Å². The van der Waals surface area contributed by atoms with E-state index in [2.05, 4.69) is 26.6 Å². The first kappa shape index (κ1) is 19.9. The van der Waals surface area contributed by atoms with Gasteiger partial charge in [0.2, 0.25) is 5.88 Å². The standard InChI is InChI=1S/C22H26N4O2S/c1-14(2)28-20-7-5-16(12-24-20)21-17-10-15(4-6-18(17)25-26-21)11-19(27)22(29-3)8-9-23-13-22/h4-7,10,12,14,23H,8-9,11,13H2,1-3H3,(H,25,26)/t22-/m0/s1. The van der Waals surface area contributed by atoms with E-state index in [0.717, 1.165) is 47.2 Å². The number of fused-ring (bicyclic) bond motifs is 1. The summed E-state index contributed by atoms with van der Waals surface area (Å²) in [6.45, 7) is 5.61. The summed E-state index contributed by atoms with van der Waals surface area (Å²) >= 11 is 1.67. The highest BCUT2D eigenvalue weighted by atomic mass is 32.2. The first-order valence-electron chi connectivity index (χ1n) is 9.90. The van der Waals surface area contributed by atoms with Crippen molar-refractivity contribution >= 4 is 28.4 Å². The molecule has 152 valence electrons. The molecule has 7 heteroatoms. The third-order valence-electron chi connectivity index (χ3n) is 5.37. The number of hydrogen-bond acceptors (Lipinski definition) is 6. The largest absolute Gasteiger partial charge is 0.475 e. The number of Topliss-reactive ketones (excluding diaryl/α,β-unsaturated/α-hetero) is 1. The van der Waals surface area contributed by atoms with Crippen LogP contribution in [0.4, 0.5) is 0 Å². The highest BCUT2D eigenvalue weighted by Gasteiger charge is 2.39. The van der Waals surface area contributed by atoms with Gasteiger partial charge < -0.3 is 10.1 Å². The first-order chi connectivity index (χ1) is 14.0. The number of aromatic amines is 1. The Kier molecular flexibility index (Phi) is 5.61. The second kappa shape index (κ2) is 8.16. The van der Waals surface area contributed by atoms with Crippen molar-refractivity contribution in [3.63, 3.8) is 0 Å². The lowest BCUT2D eigenvalue weighted by atomic mass is 9.95. The number of nitrogens with one attached hydrogen (secondary N) is 2. The van der Waals surface area contributed by atoms with Gasteiger partial charge >= 0.3 is 0 Å². The minimum Gasteiger partial charge on any atom is -0.475 e. The summed E-state index contributed by atoms with van der Waals surface area (Å²) in [5.41, 5.74) is 3.70. The van der Waals surface area contributed by atoms with Crippen LogP contribution in [-0.2, 0) is 11.2 Å². The molecule has 1 atom stereocenters.